The molecule has 0 saturated carbocycles. The smallest absolute Gasteiger partial charge is 0.227 e. The quantitative estimate of drug-likeness (QED) is 0.495. The van der Waals surface area contributed by atoms with Crippen LogP contribution in [0.15, 0.2) is 30.3 Å². The van der Waals surface area contributed by atoms with Crippen LogP contribution in [-0.4, -0.2) is 37.3 Å². The van der Waals surface area contributed by atoms with Crippen LogP contribution >= 0.6 is 11.3 Å². The van der Waals surface area contributed by atoms with E-state index < -0.39 is 0 Å². The molecule has 0 radical (unpaired) electrons. The molecule has 0 aliphatic carbocycles. The summed E-state index contributed by atoms with van der Waals surface area (Å²) < 4.78 is 1.81. The highest BCUT2D eigenvalue weighted by molar-refractivity contribution is 7.18. The number of anilines is 1. The number of aryl methyl sites for hydroxylation is 2. The summed E-state index contributed by atoms with van der Waals surface area (Å²) in [5, 5.41) is 18.8. The normalized spacial score (nSPS) is 12.7. The first kappa shape index (κ1) is 18.8. The minimum absolute atomic E-state index is 0.0486. The fourth-order valence-corrected chi connectivity index (χ4v) is 4.62. The standard InChI is InChI=1S/C21H25N5OS/c1-4-15(12-27)22-21-24-20-18(16(5-2)13(3)28-20)19-23-17(25-26(19)21)11-14-9-7-6-8-10-14/h6-10,15,27H,4-5,11-12H2,1-3H3,(H,22,24)/t15-/m0/s1. The SMILES string of the molecule is CCc1c(C)sc2nc(N[C@@H](CC)CO)n3nc(Cc4ccccc4)nc3c12. The molecule has 6 nitrogen and oxygen atoms in total. The van der Waals surface area contributed by atoms with Crippen molar-refractivity contribution in [3.05, 3.63) is 52.2 Å². The molecule has 0 fully saturated rings. The van der Waals surface area contributed by atoms with Gasteiger partial charge < -0.3 is 10.4 Å². The number of rotatable bonds is 7. The number of benzene rings is 1. The summed E-state index contributed by atoms with van der Waals surface area (Å²) in [7, 11) is 0. The number of nitrogens with zero attached hydrogens (tertiary/aromatic N) is 4. The van der Waals surface area contributed by atoms with E-state index in [9.17, 15) is 5.11 Å². The molecule has 0 saturated heterocycles. The number of aliphatic hydroxyl groups is 1. The lowest BCUT2D eigenvalue weighted by molar-refractivity contribution is 0.271. The molecule has 0 bridgehead atoms. The Morgan fingerprint density at radius 1 is 1.18 bits per heavy atom. The molecular weight excluding hydrogens is 370 g/mol. The molecular formula is C21H25N5OS. The fourth-order valence-electron chi connectivity index (χ4n) is 3.51. The lowest BCUT2D eigenvalue weighted by atomic mass is 10.1. The summed E-state index contributed by atoms with van der Waals surface area (Å²) in [6, 6.07) is 10.2. The Morgan fingerprint density at radius 3 is 2.64 bits per heavy atom. The predicted molar refractivity (Wildman–Crippen MR) is 114 cm³/mol. The molecule has 146 valence electrons. The Kier molecular flexibility index (Phi) is 5.28. The van der Waals surface area contributed by atoms with Gasteiger partial charge in [0, 0.05) is 11.3 Å². The molecule has 0 unspecified atom stereocenters. The highest BCUT2D eigenvalue weighted by atomic mass is 32.1. The number of hydrogen-bond donors (Lipinski definition) is 2. The highest BCUT2D eigenvalue weighted by Gasteiger charge is 2.20. The molecule has 4 aromatic rings. The van der Waals surface area contributed by atoms with Gasteiger partial charge in [-0.3, -0.25) is 0 Å². The van der Waals surface area contributed by atoms with Crippen LogP contribution in [0.4, 0.5) is 5.95 Å². The van der Waals surface area contributed by atoms with E-state index in [0.717, 1.165) is 34.5 Å². The molecule has 7 heteroatoms. The molecule has 0 aliphatic heterocycles. The van der Waals surface area contributed by atoms with E-state index in [-0.39, 0.29) is 12.6 Å². The minimum Gasteiger partial charge on any atom is -0.394 e. The molecule has 0 spiro atoms. The van der Waals surface area contributed by atoms with Gasteiger partial charge in [0.05, 0.1) is 18.0 Å². The maximum atomic E-state index is 9.63. The monoisotopic (exact) mass is 395 g/mol. The van der Waals surface area contributed by atoms with E-state index in [1.54, 1.807) is 11.3 Å². The number of fused-ring (bicyclic) bond motifs is 3. The number of hydrogen-bond acceptors (Lipinski definition) is 6. The van der Waals surface area contributed by atoms with Crippen LogP contribution in [0.1, 0.15) is 42.1 Å². The van der Waals surface area contributed by atoms with Crippen molar-refractivity contribution in [2.24, 2.45) is 0 Å². The lowest BCUT2D eigenvalue weighted by Gasteiger charge is -2.15. The molecule has 0 amide bonds. The maximum Gasteiger partial charge on any atom is 0.227 e. The Bertz CT molecular complexity index is 1100. The lowest BCUT2D eigenvalue weighted by Crippen LogP contribution is -2.25. The van der Waals surface area contributed by atoms with Gasteiger partial charge in [0.15, 0.2) is 11.5 Å². The van der Waals surface area contributed by atoms with Crippen LogP contribution in [0.5, 0.6) is 0 Å². The van der Waals surface area contributed by atoms with Crippen LogP contribution < -0.4 is 5.32 Å². The van der Waals surface area contributed by atoms with Gasteiger partial charge in [-0.15, -0.1) is 16.4 Å². The van der Waals surface area contributed by atoms with Crippen LogP contribution in [0, 0.1) is 6.92 Å². The van der Waals surface area contributed by atoms with E-state index >= 15 is 0 Å². The summed E-state index contributed by atoms with van der Waals surface area (Å²) in [5.74, 6) is 1.41. The Hall–Kier alpha value is -2.51. The third-order valence-electron chi connectivity index (χ3n) is 5.08. The summed E-state index contributed by atoms with van der Waals surface area (Å²) in [6.45, 7) is 6.39. The second-order valence-electron chi connectivity index (χ2n) is 6.96. The molecule has 28 heavy (non-hydrogen) atoms. The molecule has 1 aromatic carbocycles. The van der Waals surface area contributed by atoms with Crippen LogP contribution in [-0.2, 0) is 12.8 Å². The number of thiophene rings is 1. The van der Waals surface area contributed by atoms with Gasteiger partial charge in [0.1, 0.15) is 4.83 Å². The zero-order valence-electron chi connectivity index (χ0n) is 16.4. The average molecular weight is 396 g/mol. The highest BCUT2D eigenvalue weighted by Crippen LogP contribution is 2.34. The Labute approximate surface area is 168 Å². The first-order valence-electron chi connectivity index (χ1n) is 9.73. The van der Waals surface area contributed by atoms with Crippen molar-refractivity contribution < 1.29 is 5.11 Å². The molecule has 1 atom stereocenters. The van der Waals surface area contributed by atoms with Gasteiger partial charge in [-0.1, -0.05) is 44.2 Å². The topological polar surface area (TPSA) is 75.3 Å². The van der Waals surface area contributed by atoms with Crippen molar-refractivity contribution in [2.75, 3.05) is 11.9 Å². The third kappa shape index (κ3) is 3.36. The van der Waals surface area contributed by atoms with Crippen molar-refractivity contribution in [3.63, 3.8) is 0 Å². The van der Waals surface area contributed by atoms with Crippen LogP contribution in [0.2, 0.25) is 0 Å². The Balaban J connectivity index is 1.89. The van der Waals surface area contributed by atoms with Crippen molar-refractivity contribution in [3.8, 4) is 0 Å². The zero-order valence-corrected chi connectivity index (χ0v) is 17.3. The van der Waals surface area contributed by atoms with Gasteiger partial charge in [0.25, 0.3) is 0 Å². The van der Waals surface area contributed by atoms with Gasteiger partial charge in [-0.2, -0.15) is 4.52 Å². The van der Waals surface area contributed by atoms with Crippen molar-refractivity contribution in [2.45, 2.75) is 46.1 Å². The van der Waals surface area contributed by atoms with Crippen molar-refractivity contribution in [1.82, 2.24) is 19.6 Å². The number of aliphatic hydroxyl groups excluding tert-OH is 1. The van der Waals surface area contributed by atoms with E-state index in [4.69, 9.17) is 15.1 Å². The average Bonchev–Trinajstić information content (AvgIpc) is 3.26. The van der Waals surface area contributed by atoms with Gasteiger partial charge >= 0.3 is 0 Å². The van der Waals surface area contributed by atoms with Crippen LogP contribution in [0.25, 0.3) is 15.9 Å². The largest absolute Gasteiger partial charge is 0.394 e. The zero-order chi connectivity index (χ0) is 19.7. The number of aromatic nitrogens is 4. The van der Waals surface area contributed by atoms with Gasteiger partial charge in [0.2, 0.25) is 5.95 Å². The van der Waals surface area contributed by atoms with Gasteiger partial charge in [-0.25, -0.2) is 9.97 Å². The fraction of sp³-hybridized carbons (Fsp3) is 0.381. The summed E-state index contributed by atoms with van der Waals surface area (Å²) in [4.78, 5) is 12.0. The second-order valence-corrected chi connectivity index (χ2v) is 8.17. The van der Waals surface area contributed by atoms with E-state index in [1.165, 1.54) is 16.0 Å². The summed E-state index contributed by atoms with van der Waals surface area (Å²) >= 11 is 1.69. The molecule has 4 rings (SSSR count). The predicted octanol–water partition coefficient (Wildman–Crippen LogP) is 3.98. The molecule has 0 aliphatic rings. The second kappa shape index (κ2) is 7.85. The third-order valence-corrected chi connectivity index (χ3v) is 6.12. The summed E-state index contributed by atoms with van der Waals surface area (Å²) in [5.41, 5.74) is 3.31. The first-order chi connectivity index (χ1) is 13.6. The minimum atomic E-state index is -0.0679. The van der Waals surface area contributed by atoms with E-state index in [2.05, 4.69) is 31.3 Å². The Morgan fingerprint density at radius 2 is 1.96 bits per heavy atom. The maximum absolute atomic E-state index is 9.63. The van der Waals surface area contributed by atoms with Crippen molar-refractivity contribution >= 4 is 33.1 Å². The van der Waals surface area contributed by atoms with E-state index in [0.29, 0.717) is 12.4 Å². The summed E-state index contributed by atoms with van der Waals surface area (Å²) in [6.07, 6.45) is 2.41. The first-order valence-corrected chi connectivity index (χ1v) is 10.5. The molecule has 2 N–H and O–H groups in total. The number of nitrogens with one attached hydrogen (secondary N) is 1. The van der Waals surface area contributed by atoms with E-state index in [1.807, 2.05) is 29.6 Å². The van der Waals surface area contributed by atoms with Crippen molar-refractivity contribution in [1.29, 1.82) is 0 Å². The van der Waals surface area contributed by atoms with Gasteiger partial charge in [-0.05, 0) is 30.9 Å². The van der Waals surface area contributed by atoms with Crippen LogP contribution in [0.3, 0.4) is 0 Å². The molecule has 3 aromatic heterocycles. The molecule has 3 heterocycles.